The summed E-state index contributed by atoms with van der Waals surface area (Å²) in [5, 5.41) is 11.3. The summed E-state index contributed by atoms with van der Waals surface area (Å²) < 4.78 is 5.12. The molecule has 1 aromatic rings. The minimum atomic E-state index is -1.13. The number of methoxy groups -OCH3 is 1. The molecule has 0 heterocycles. The van der Waals surface area contributed by atoms with Gasteiger partial charge < -0.3 is 15.2 Å². The lowest BCUT2D eigenvalue weighted by molar-refractivity contribution is -0.146. The first-order valence-corrected chi connectivity index (χ1v) is 5.59. The highest BCUT2D eigenvalue weighted by Gasteiger charge is 2.19. The van der Waals surface area contributed by atoms with E-state index >= 15 is 0 Å². The number of benzene rings is 1. The fourth-order valence-electron chi connectivity index (χ4n) is 1.50. The number of carbonyl (C=O) groups is 2. The second-order valence-corrected chi connectivity index (χ2v) is 4.14. The van der Waals surface area contributed by atoms with Gasteiger partial charge in [0.2, 0.25) is 5.91 Å². The van der Waals surface area contributed by atoms with Gasteiger partial charge in [-0.3, -0.25) is 9.59 Å². The second kappa shape index (κ2) is 6.05. The molecule has 0 bridgehead atoms. The number of hydrogen-bond donors (Lipinski definition) is 2. The fraction of sp³-hybridized carbons (Fsp3) is 0.385. The monoisotopic (exact) mass is 251 g/mol. The van der Waals surface area contributed by atoms with Crippen molar-refractivity contribution in [2.24, 2.45) is 5.92 Å². The minimum Gasteiger partial charge on any atom is -0.497 e. The van der Waals surface area contributed by atoms with Crippen LogP contribution in [0, 0.1) is 12.8 Å². The average Bonchev–Trinajstić information content (AvgIpc) is 2.34. The van der Waals surface area contributed by atoms with Crippen LogP contribution < -0.4 is 10.1 Å². The van der Waals surface area contributed by atoms with E-state index in [1.54, 1.807) is 13.2 Å². The number of aliphatic carboxylic acids is 1. The lowest BCUT2D eigenvalue weighted by atomic mass is 10.1. The Morgan fingerprint density at radius 2 is 2.06 bits per heavy atom. The van der Waals surface area contributed by atoms with Crippen LogP contribution >= 0.6 is 0 Å². The molecule has 0 aliphatic heterocycles. The molecule has 98 valence electrons. The number of carbonyl (C=O) groups excluding carboxylic acids is 1. The van der Waals surface area contributed by atoms with Gasteiger partial charge in [0.05, 0.1) is 7.11 Å². The van der Waals surface area contributed by atoms with Crippen molar-refractivity contribution >= 4 is 11.9 Å². The smallest absolute Gasteiger partial charge is 0.315 e. The molecule has 1 unspecified atom stereocenters. The molecule has 5 heteroatoms. The zero-order valence-electron chi connectivity index (χ0n) is 10.7. The molecule has 1 amide bonds. The van der Waals surface area contributed by atoms with Crippen molar-refractivity contribution < 1.29 is 19.4 Å². The zero-order chi connectivity index (χ0) is 13.7. The number of aryl methyl sites for hydroxylation is 1. The molecule has 0 saturated carbocycles. The molecule has 1 rings (SSSR count). The molecule has 0 aliphatic rings. The van der Waals surface area contributed by atoms with Crippen LogP contribution in [0.4, 0.5) is 0 Å². The van der Waals surface area contributed by atoms with Gasteiger partial charge in [-0.25, -0.2) is 0 Å². The van der Waals surface area contributed by atoms with Gasteiger partial charge in [-0.2, -0.15) is 0 Å². The van der Waals surface area contributed by atoms with Crippen LogP contribution in [-0.2, 0) is 16.1 Å². The lowest BCUT2D eigenvalue weighted by Crippen LogP contribution is -2.33. The summed E-state index contributed by atoms with van der Waals surface area (Å²) in [4.78, 5) is 22.1. The first kappa shape index (κ1) is 14.0. The maximum atomic E-state index is 11.5. The lowest BCUT2D eigenvalue weighted by Gasteiger charge is -2.10. The van der Waals surface area contributed by atoms with E-state index in [2.05, 4.69) is 5.32 Å². The van der Waals surface area contributed by atoms with Gasteiger partial charge in [-0.1, -0.05) is 6.07 Å². The SMILES string of the molecule is COc1cc(C)cc(CNC(=O)C(C)C(=O)O)c1. The predicted molar refractivity (Wildman–Crippen MR) is 66.4 cm³/mol. The van der Waals surface area contributed by atoms with Gasteiger partial charge in [0.1, 0.15) is 11.7 Å². The van der Waals surface area contributed by atoms with Gasteiger partial charge in [-0.15, -0.1) is 0 Å². The van der Waals surface area contributed by atoms with E-state index in [0.29, 0.717) is 5.75 Å². The molecule has 0 aromatic heterocycles. The molecule has 0 aliphatic carbocycles. The van der Waals surface area contributed by atoms with Crippen molar-refractivity contribution in [3.63, 3.8) is 0 Å². The molecule has 0 spiro atoms. The third-order valence-electron chi connectivity index (χ3n) is 2.58. The molecule has 5 nitrogen and oxygen atoms in total. The standard InChI is InChI=1S/C13H17NO4/c1-8-4-10(6-11(5-8)18-3)7-14-12(15)9(2)13(16)17/h4-6,9H,7H2,1-3H3,(H,14,15)(H,16,17). The Hall–Kier alpha value is -2.04. The van der Waals surface area contributed by atoms with Crippen LogP contribution in [0.25, 0.3) is 0 Å². The van der Waals surface area contributed by atoms with Crippen LogP contribution in [0.2, 0.25) is 0 Å². The highest BCUT2D eigenvalue weighted by molar-refractivity contribution is 5.96. The fourth-order valence-corrected chi connectivity index (χ4v) is 1.50. The molecule has 2 N–H and O–H groups in total. The van der Waals surface area contributed by atoms with Crippen molar-refractivity contribution in [1.82, 2.24) is 5.32 Å². The summed E-state index contributed by atoms with van der Waals surface area (Å²) in [6, 6.07) is 5.60. The van der Waals surface area contributed by atoms with E-state index < -0.39 is 17.8 Å². The Balaban J connectivity index is 2.66. The average molecular weight is 251 g/mol. The maximum absolute atomic E-state index is 11.5. The highest BCUT2D eigenvalue weighted by atomic mass is 16.5. The van der Waals surface area contributed by atoms with Gasteiger partial charge in [0.15, 0.2) is 0 Å². The van der Waals surface area contributed by atoms with Crippen molar-refractivity contribution in [3.8, 4) is 5.75 Å². The van der Waals surface area contributed by atoms with Crippen molar-refractivity contribution in [2.75, 3.05) is 7.11 Å². The van der Waals surface area contributed by atoms with E-state index in [0.717, 1.165) is 11.1 Å². The Bertz CT molecular complexity index is 456. The van der Waals surface area contributed by atoms with Crippen LogP contribution in [-0.4, -0.2) is 24.1 Å². The van der Waals surface area contributed by atoms with Gasteiger partial charge in [0, 0.05) is 6.54 Å². The van der Waals surface area contributed by atoms with Gasteiger partial charge >= 0.3 is 5.97 Å². The number of amides is 1. The number of ether oxygens (including phenoxy) is 1. The quantitative estimate of drug-likeness (QED) is 0.774. The highest BCUT2D eigenvalue weighted by Crippen LogP contribution is 2.16. The third kappa shape index (κ3) is 3.76. The third-order valence-corrected chi connectivity index (χ3v) is 2.58. The van der Waals surface area contributed by atoms with Crippen LogP contribution in [0.15, 0.2) is 18.2 Å². The largest absolute Gasteiger partial charge is 0.497 e. The van der Waals surface area contributed by atoms with E-state index in [4.69, 9.17) is 9.84 Å². The summed E-state index contributed by atoms with van der Waals surface area (Å²) in [5.41, 5.74) is 1.89. The first-order valence-electron chi connectivity index (χ1n) is 5.59. The van der Waals surface area contributed by atoms with Crippen LogP contribution in [0.5, 0.6) is 5.75 Å². The molecule has 0 radical (unpaired) electrons. The predicted octanol–water partition coefficient (Wildman–Crippen LogP) is 1.34. The number of nitrogens with one attached hydrogen (secondary N) is 1. The van der Waals surface area contributed by atoms with Crippen molar-refractivity contribution in [1.29, 1.82) is 0 Å². The Morgan fingerprint density at radius 1 is 1.39 bits per heavy atom. The Kier molecular flexibility index (Phi) is 4.71. The normalized spacial score (nSPS) is 11.7. The minimum absolute atomic E-state index is 0.286. The number of rotatable bonds is 5. The molecular formula is C13H17NO4. The number of carboxylic acids is 1. The van der Waals surface area contributed by atoms with Gasteiger partial charge in [-0.05, 0) is 37.1 Å². The molecular weight excluding hydrogens is 234 g/mol. The molecule has 1 atom stereocenters. The molecule has 18 heavy (non-hydrogen) atoms. The Labute approximate surface area is 106 Å². The maximum Gasteiger partial charge on any atom is 0.315 e. The van der Waals surface area contributed by atoms with E-state index in [-0.39, 0.29) is 6.54 Å². The van der Waals surface area contributed by atoms with Crippen molar-refractivity contribution in [2.45, 2.75) is 20.4 Å². The number of hydrogen-bond acceptors (Lipinski definition) is 3. The molecule has 0 fully saturated rings. The summed E-state index contributed by atoms with van der Waals surface area (Å²) >= 11 is 0. The first-order chi connectivity index (χ1) is 8.43. The van der Waals surface area contributed by atoms with E-state index in [1.807, 2.05) is 19.1 Å². The summed E-state index contributed by atoms with van der Waals surface area (Å²) in [6.45, 7) is 3.57. The second-order valence-electron chi connectivity index (χ2n) is 4.14. The Morgan fingerprint density at radius 3 is 2.61 bits per heavy atom. The number of carboxylic acid groups (broad SMARTS) is 1. The van der Waals surface area contributed by atoms with E-state index in [9.17, 15) is 9.59 Å². The summed E-state index contributed by atoms with van der Waals surface area (Å²) in [7, 11) is 1.57. The zero-order valence-corrected chi connectivity index (χ0v) is 10.7. The van der Waals surface area contributed by atoms with E-state index in [1.165, 1.54) is 6.92 Å². The molecule has 1 aromatic carbocycles. The molecule has 0 saturated heterocycles. The summed E-state index contributed by atoms with van der Waals surface area (Å²) in [5.74, 6) is -1.96. The van der Waals surface area contributed by atoms with Crippen LogP contribution in [0.1, 0.15) is 18.1 Å². The topological polar surface area (TPSA) is 75.6 Å². The van der Waals surface area contributed by atoms with Crippen LogP contribution in [0.3, 0.4) is 0 Å². The summed E-state index contributed by atoms with van der Waals surface area (Å²) in [6.07, 6.45) is 0. The van der Waals surface area contributed by atoms with Gasteiger partial charge in [0.25, 0.3) is 0 Å². The van der Waals surface area contributed by atoms with Crippen molar-refractivity contribution in [3.05, 3.63) is 29.3 Å².